The second kappa shape index (κ2) is 7.00. The van der Waals surface area contributed by atoms with Crippen molar-refractivity contribution in [2.45, 2.75) is 38.3 Å². The van der Waals surface area contributed by atoms with E-state index in [9.17, 15) is 9.18 Å². The normalized spacial score (nSPS) is 23.2. The van der Waals surface area contributed by atoms with Crippen LogP contribution in [0.4, 0.5) is 4.39 Å². The van der Waals surface area contributed by atoms with Crippen molar-refractivity contribution >= 4 is 5.91 Å². The van der Waals surface area contributed by atoms with Gasteiger partial charge in [0.25, 0.3) is 0 Å². The van der Waals surface area contributed by atoms with Gasteiger partial charge in [-0.15, -0.1) is 0 Å². The number of nitrogens with zero attached hydrogens (tertiary/aromatic N) is 1. The molecule has 1 aliphatic rings. The molecule has 0 radical (unpaired) electrons. The third kappa shape index (κ3) is 3.60. The van der Waals surface area contributed by atoms with Crippen molar-refractivity contribution in [2.75, 3.05) is 20.3 Å². The zero-order valence-electron chi connectivity index (χ0n) is 12.6. The lowest BCUT2D eigenvalue weighted by Gasteiger charge is -2.34. The minimum absolute atomic E-state index is 0.0611. The van der Waals surface area contributed by atoms with Crippen LogP contribution in [-0.2, 0) is 9.53 Å². The third-order valence-electron chi connectivity index (χ3n) is 4.06. The van der Waals surface area contributed by atoms with E-state index in [4.69, 9.17) is 10.5 Å². The molecule has 21 heavy (non-hydrogen) atoms. The number of carbonyl (C=O) groups is 1. The van der Waals surface area contributed by atoms with Crippen LogP contribution in [0.3, 0.4) is 0 Å². The first-order chi connectivity index (χ1) is 10.0. The molecule has 0 aliphatic carbocycles. The van der Waals surface area contributed by atoms with E-state index >= 15 is 0 Å². The van der Waals surface area contributed by atoms with Gasteiger partial charge in [0.05, 0.1) is 12.6 Å². The van der Waals surface area contributed by atoms with Gasteiger partial charge in [0.1, 0.15) is 5.82 Å². The maximum Gasteiger partial charge on any atom is 0.223 e. The van der Waals surface area contributed by atoms with Crippen LogP contribution in [0.25, 0.3) is 0 Å². The van der Waals surface area contributed by atoms with E-state index in [1.807, 2.05) is 6.07 Å². The number of carbonyl (C=O) groups excluding carboxylic acids is 1. The van der Waals surface area contributed by atoms with E-state index in [-0.39, 0.29) is 23.8 Å². The Hall–Kier alpha value is -1.46. The van der Waals surface area contributed by atoms with E-state index in [0.717, 1.165) is 18.4 Å². The number of methoxy groups -OCH3 is 1. The van der Waals surface area contributed by atoms with Gasteiger partial charge in [-0.3, -0.25) is 4.79 Å². The lowest BCUT2D eigenvalue weighted by atomic mass is 9.95. The fraction of sp³-hybridized carbons (Fsp3) is 0.562. The maximum atomic E-state index is 13.9. The van der Waals surface area contributed by atoms with Crippen molar-refractivity contribution < 1.29 is 13.9 Å². The van der Waals surface area contributed by atoms with E-state index in [0.29, 0.717) is 25.1 Å². The SMILES string of the molecule is COCCN1C(=O)CCCC(N)C1c1ccc(C)c(F)c1. The molecule has 1 amide bonds. The molecule has 1 saturated heterocycles. The predicted octanol–water partition coefficient (Wildman–Crippen LogP) is 2.16. The average molecular weight is 294 g/mol. The van der Waals surface area contributed by atoms with Crippen LogP contribution < -0.4 is 5.73 Å². The molecule has 1 aromatic rings. The quantitative estimate of drug-likeness (QED) is 0.926. The summed E-state index contributed by atoms with van der Waals surface area (Å²) in [7, 11) is 1.60. The molecule has 5 heteroatoms. The highest BCUT2D eigenvalue weighted by molar-refractivity contribution is 5.77. The van der Waals surface area contributed by atoms with Crippen molar-refractivity contribution in [1.29, 1.82) is 0 Å². The molecule has 1 aliphatic heterocycles. The largest absolute Gasteiger partial charge is 0.383 e. The lowest BCUT2D eigenvalue weighted by Crippen LogP contribution is -2.43. The van der Waals surface area contributed by atoms with Crippen molar-refractivity contribution in [1.82, 2.24) is 4.90 Å². The average Bonchev–Trinajstić information content (AvgIpc) is 2.59. The standard InChI is InChI=1S/C16H23FN2O2/c1-11-6-7-12(10-13(11)17)16-14(18)4-3-5-15(20)19(16)8-9-21-2/h6-7,10,14,16H,3-5,8-9,18H2,1-2H3. The summed E-state index contributed by atoms with van der Waals surface area (Å²) < 4.78 is 19.0. The summed E-state index contributed by atoms with van der Waals surface area (Å²) >= 11 is 0. The Labute approximate surface area is 125 Å². The maximum absolute atomic E-state index is 13.9. The first-order valence-corrected chi connectivity index (χ1v) is 7.34. The first kappa shape index (κ1) is 15.9. The molecule has 2 atom stereocenters. The molecule has 116 valence electrons. The second-order valence-electron chi connectivity index (χ2n) is 5.59. The number of ether oxygens (including phenoxy) is 1. The second-order valence-corrected chi connectivity index (χ2v) is 5.59. The van der Waals surface area contributed by atoms with Crippen LogP contribution in [0.1, 0.15) is 36.4 Å². The molecule has 0 aromatic heterocycles. The molecule has 2 rings (SSSR count). The Morgan fingerprint density at radius 2 is 2.24 bits per heavy atom. The number of hydrogen-bond acceptors (Lipinski definition) is 3. The number of rotatable bonds is 4. The fourth-order valence-electron chi connectivity index (χ4n) is 2.85. The van der Waals surface area contributed by atoms with Crippen molar-refractivity contribution in [2.24, 2.45) is 5.73 Å². The van der Waals surface area contributed by atoms with Crippen LogP contribution in [-0.4, -0.2) is 37.1 Å². The lowest BCUT2D eigenvalue weighted by molar-refractivity contribution is -0.134. The molecule has 0 spiro atoms. The number of likely N-dealkylation sites (tertiary alicyclic amines) is 1. The highest BCUT2D eigenvalue weighted by Gasteiger charge is 2.32. The van der Waals surface area contributed by atoms with Crippen LogP contribution in [0.15, 0.2) is 18.2 Å². The van der Waals surface area contributed by atoms with Crippen molar-refractivity contribution in [3.63, 3.8) is 0 Å². The van der Waals surface area contributed by atoms with Crippen LogP contribution >= 0.6 is 0 Å². The zero-order chi connectivity index (χ0) is 15.4. The monoisotopic (exact) mass is 294 g/mol. The molecule has 0 bridgehead atoms. The highest BCUT2D eigenvalue weighted by Crippen LogP contribution is 2.30. The fourth-order valence-corrected chi connectivity index (χ4v) is 2.85. The highest BCUT2D eigenvalue weighted by atomic mass is 19.1. The molecule has 1 fully saturated rings. The molecular formula is C16H23FN2O2. The van der Waals surface area contributed by atoms with Crippen molar-refractivity contribution in [3.05, 3.63) is 35.1 Å². The number of amides is 1. The smallest absolute Gasteiger partial charge is 0.223 e. The Morgan fingerprint density at radius 1 is 1.48 bits per heavy atom. The minimum Gasteiger partial charge on any atom is -0.383 e. The van der Waals surface area contributed by atoms with E-state index in [2.05, 4.69) is 0 Å². The van der Waals surface area contributed by atoms with Crippen LogP contribution in [0.5, 0.6) is 0 Å². The molecule has 2 unspecified atom stereocenters. The zero-order valence-corrected chi connectivity index (χ0v) is 12.6. The summed E-state index contributed by atoms with van der Waals surface area (Å²) in [5, 5.41) is 0. The van der Waals surface area contributed by atoms with Gasteiger partial charge in [0, 0.05) is 26.1 Å². The summed E-state index contributed by atoms with van der Waals surface area (Å²) in [6.07, 6.45) is 2.02. The number of aryl methyl sites for hydroxylation is 1. The summed E-state index contributed by atoms with van der Waals surface area (Å²) in [4.78, 5) is 14.1. The van der Waals surface area contributed by atoms with Gasteiger partial charge in [-0.25, -0.2) is 4.39 Å². The Morgan fingerprint density at radius 3 is 2.90 bits per heavy atom. The van der Waals surface area contributed by atoms with E-state index in [1.54, 1.807) is 25.0 Å². The molecule has 1 aromatic carbocycles. The number of hydrogen-bond donors (Lipinski definition) is 1. The summed E-state index contributed by atoms with van der Waals surface area (Å²) in [5.74, 6) is -0.200. The van der Waals surface area contributed by atoms with E-state index in [1.165, 1.54) is 6.07 Å². The summed E-state index contributed by atoms with van der Waals surface area (Å²) in [6, 6.07) is 4.63. The summed E-state index contributed by atoms with van der Waals surface area (Å²) in [5.41, 5.74) is 7.62. The Bertz CT molecular complexity index is 507. The van der Waals surface area contributed by atoms with Crippen molar-refractivity contribution in [3.8, 4) is 0 Å². The van der Waals surface area contributed by atoms with Gasteiger partial charge in [-0.05, 0) is 37.0 Å². The molecular weight excluding hydrogens is 271 g/mol. The van der Waals surface area contributed by atoms with Crippen LogP contribution in [0, 0.1) is 12.7 Å². The third-order valence-corrected chi connectivity index (χ3v) is 4.06. The van der Waals surface area contributed by atoms with Gasteiger partial charge in [-0.2, -0.15) is 0 Å². The molecule has 0 saturated carbocycles. The predicted molar refractivity (Wildman–Crippen MR) is 79.3 cm³/mol. The number of halogens is 1. The first-order valence-electron chi connectivity index (χ1n) is 7.34. The minimum atomic E-state index is -0.287. The molecule has 1 heterocycles. The van der Waals surface area contributed by atoms with Gasteiger partial charge in [0.15, 0.2) is 0 Å². The van der Waals surface area contributed by atoms with Gasteiger partial charge >= 0.3 is 0 Å². The number of benzene rings is 1. The molecule has 2 N–H and O–H groups in total. The number of nitrogens with two attached hydrogens (primary N) is 1. The Balaban J connectivity index is 2.36. The van der Waals surface area contributed by atoms with Gasteiger partial charge in [-0.1, -0.05) is 12.1 Å². The molecule has 4 nitrogen and oxygen atoms in total. The van der Waals surface area contributed by atoms with E-state index < -0.39 is 0 Å². The Kier molecular flexibility index (Phi) is 5.31. The summed E-state index contributed by atoms with van der Waals surface area (Å²) in [6.45, 7) is 2.65. The topological polar surface area (TPSA) is 55.6 Å². The van der Waals surface area contributed by atoms with Crippen LogP contribution in [0.2, 0.25) is 0 Å². The van der Waals surface area contributed by atoms with Gasteiger partial charge < -0.3 is 15.4 Å². The van der Waals surface area contributed by atoms with Gasteiger partial charge in [0.2, 0.25) is 5.91 Å².